The zero-order valence-electron chi connectivity index (χ0n) is 27.5. The fourth-order valence-electron chi connectivity index (χ4n) is 3.95. The lowest BCUT2D eigenvalue weighted by Crippen LogP contribution is -2.35. The van der Waals surface area contributed by atoms with Gasteiger partial charge in [0.2, 0.25) is 0 Å². The van der Waals surface area contributed by atoms with E-state index in [2.05, 4.69) is 63.5 Å². The summed E-state index contributed by atoms with van der Waals surface area (Å²) in [5.74, 6) is 1.08. The molecule has 0 saturated carbocycles. The minimum Gasteiger partial charge on any atom is -0.367 e. The van der Waals surface area contributed by atoms with Crippen molar-refractivity contribution in [2.24, 2.45) is 16.8 Å². The summed E-state index contributed by atoms with van der Waals surface area (Å²) in [4.78, 5) is 6.32. The average Bonchev–Trinajstić information content (AvgIpc) is 3.31. The van der Waals surface area contributed by atoms with Crippen molar-refractivity contribution in [2.45, 2.75) is 80.2 Å². The molecule has 0 spiro atoms. The first-order valence-electron chi connectivity index (χ1n) is 14.9. The number of benzene rings is 2. The standard InChI is InChI=1S/C17H19FN2.C10H17N.C6H13N.C3H8/c1-17(2,20-12-19-3)14-10-8-13(9-11-14)15-6-4-5-7-16(15)18;1-5-6-9(4)7-10(11)8(2)3;1-6-3-4-7(2)5-6;1-3-2/h4-12H,1-3H3,(H,19,20);5,7-8,11H,1,6H2,2-4H3;6H,3-5H2,1-2H3;3H2,1-2H3/b;9-7+,11-10?;;. The molecule has 2 aromatic rings. The molecule has 0 aromatic heterocycles. The molecule has 0 amide bonds. The smallest absolute Gasteiger partial charge is 0.131 e. The molecule has 0 bridgehead atoms. The van der Waals surface area contributed by atoms with Crippen LogP contribution in [0.25, 0.3) is 11.1 Å². The van der Waals surface area contributed by atoms with Crippen LogP contribution in [-0.2, 0) is 5.54 Å². The van der Waals surface area contributed by atoms with Crippen molar-refractivity contribution in [3.8, 4) is 11.1 Å². The highest BCUT2D eigenvalue weighted by atomic mass is 19.1. The Hall–Kier alpha value is -3.05. The van der Waals surface area contributed by atoms with Crippen LogP contribution in [0.2, 0.25) is 0 Å². The summed E-state index contributed by atoms with van der Waals surface area (Å²) in [5.41, 5.74) is 4.32. The summed E-state index contributed by atoms with van der Waals surface area (Å²) < 4.78 is 13.7. The molecular formula is C36H57FN4. The molecule has 1 heterocycles. The van der Waals surface area contributed by atoms with Crippen LogP contribution in [0.1, 0.15) is 80.2 Å². The van der Waals surface area contributed by atoms with Crippen LogP contribution in [0.3, 0.4) is 0 Å². The molecule has 1 aliphatic heterocycles. The predicted octanol–water partition coefficient (Wildman–Crippen LogP) is 9.53. The summed E-state index contributed by atoms with van der Waals surface area (Å²) >= 11 is 0. The number of rotatable bonds is 8. The molecule has 1 atom stereocenters. The largest absolute Gasteiger partial charge is 0.367 e. The number of hydrogen-bond donors (Lipinski definition) is 2. The SMILES string of the molecule is C=CC/C(C)=C/C(=N)C(C)C.CC1CCN(C)C1.CCC.CN=CNC(C)(C)c1ccc(-c2ccccc2F)cc1. The monoisotopic (exact) mass is 564 g/mol. The van der Waals surface area contributed by atoms with Gasteiger partial charge in [-0.3, -0.25) is 4.99 Å². The highest BCUT2D eigenvalue weighted by Gasteiger charge is 2.18. The Bertz CT molecular complexity index is 1060. The Morgan fingerprint density at radius 1 is 1.17 bits per heavy atom. The molecule has 3 rings (SSSR count). The van der Waals surface area contributed by atoms with Gasteiger partial charge in [0.25, 0.3) is 0 Å². The van der Waals surface area contributed by atoms with Crippen molar-refractivity contribution in [3.63, 3.8) is 0 Å². The van der Waals surface area contributed by atoms with Gasteiger partial charge in [-0.25, -0.2) is 4.39 Å². The molecule has 1 fully saturated rings. The molecule has 2 aromatic carbocycles. The van der Waals surface area contributed by atoms with Crippen LogP contribution in [0.15, 0.2) is 77.8 Å². The normalized spacial score (nSPS) is 15.2. The van der Waals surface area contributed by atoms with E-state index in [0.717, 1.165) is 23.5 Å². The molecule has 5 heteroatoms. The second-order valence-corrected chi connectivity index (χ2v) is 11.7. The number of allylic oxidation sites excluding steroid dienone is 3. The predicted molar refractivity (Wildman–Crippen MR) is 181 cm³/mol. The van der Waals surface area contributed by atoms with E-state index in [1.54, 1.807) is 25.5 Å². The first-order chi connectivity index (χ1) is 19.3. The summed E-state index contributed by atoms with van der Waals surface area (Å²) in [6.07, 6.45) is 9.00. The fourth-order valence-corrected chi connectivity index (χ4v) is 3.95. The second-order valence-electron chi connectivity index (χ2n) is 11.7. The molecule has 4 nitrogen and oxygen atoms in total. The molecular weight excluding hydrogens is 507 g/mol. The number of nitrogens with one attached hydrogen (secondary N) is 2. The van der Waals surface area contributed by atoms with Gasteiger partial charge < -0.3 is 15.6 Å². The number of halogens is 1. The molecule has 2 N–H and O–H groups in total. The number of likely N-dealkylation sites (tertiary alicyclic amines) is 1. The third kappa shape index (κ3) is 16.1. The van der Waals surface area contributed by atoms with Gasteiger partial charge in [0.05, 0.1) is 11.9 Å². The third-order valence-corrected chi connectivity index (χ3v) is 6.46. The molecule has 1 unspecified atom stereocenters. The Kier molecular flexibility index (Phi) is 19.2. The van der Waals surface area contributed by atoms with Crippen molar-refractivity contribution < 1.29 is 4.39 Å². The Labute approximate surface area is 251 Å². The van der Waals surface area contributed by atoms with Gasteiger partial charge >= 0.3 is 0 Å². The van der Waals surface area contributed by atoms with Crippen molar-refractivity contribution >= 4 is 12.1 Å². The fraction of sp³-hybridized carbons (Fsp3) is 0.500. The van der Waals surface area contributed by atoms with Crippen molar-refractivity contribution in [2.75, 3.05) is 27.2 Å². The van der Waals surface area contributed by atoms with Crippen molar-refractivity contribution in [3.05, 3.63) is 84.2 Å². The van der Waals surface area contributed by atoms with Crippen LogP contribution in [0.5, 0.6) is 0 Å². The highest BCUT2D eigenvalue weighted by molar-refractivity contribution is 5.94. The zero-order valence-corrected chi connectivity index (χ0v) is 27.5. The van der Waals surface area contributed by atoms with E-state index >= 15 is 0 Å². The van der Waals surface area contributed by atoms with Gasteiger partial charge in [-0.05, 0) is 82.3 Å². The quantitative estimate of drug-likeness (QED) is 0.191. The molecule has 228 valence electrons. The lowest BCUT2D eigenvalue weighted by atomic mass is 9.92. The summed E-state index contributed by atoms with van der Waals surface area (Å²) in [6.45, 7) is 23.0. The van der Waals surface area contributed by atoms with Gasteiger partial charge in [-0.2, -0.15) is 0 Å². The number of aliphatic imine (C=N–C) groups is 1. The molecule has 1 saturated heterocycles. The Morgan fingerprint density at radius 3 is 2.17 bits per heavy atom. The number of nitrogens with zero attached hydrogens (tertiary/aromatic N) is 2. The average molecular weight is 565 g/mol. The van der Waals surface area contributed by atoms with E-state index in [-0.39, 0.29) is 11.4 Å². The van der Waals surface area contributed by atoms with Gasteiger partial charge in [0.1, 0.15) is 5.82 Å². The van der Waals surface area contributed by atoms with Crippen LogP contribution in [0, 0.1) is 23.1 Å². The van der Waals surface area contributed by atoms with Crippen LogP contribution >= 0.6 is 0 Å². The van der Waals surface area contributed by atoms with E-state index in [1.165, 1.54) is 37.6 Å². The van der Waals surface area contributed by atoms with Crippen LogP contribution in [-0.4, -0.2) is 44.1 Å². The summed E-state index contributed by atoms with van der Waals surface area (Å²) in [7, 11) is 3.91. The van der Waals surface area contributed by atoms with E-state index in [4.69, 9.17) is 5.41 Å². The van der Waals surface area contributed by atoms with Crippen molar-refractivity contribution in [1.82, 2.24) is 10.2 Å². The Balaban J connectivity index is 0.000000637. The first kappa shape index (κ1) is 38.0. The maximum Gasteiger partial charge on any atom is 0.131 e. The molecule has 1 aliphatic rings. The topological polar surface area (TPSA) is 51.5 Å². The maximum absolute atomic E-state index is 13.7. The maximum atomic E-state index is 13.7. The van der Waals surface area contributed by atoms with Gasteiger partial charge in [0.15, 0.2) is 0 Å². The lowest BCUT2D eigenvalue weighted by molar-refractivity contribution is 0.402. The third-order valence-electron chi connectivity index (χ3n) is 6.46. The zero-order chi connectivity index (χ0) is 31.4. The van der Waals surface area contributed by atoms with E-state index in [0.29, 0.717) is 17.2 Å². The first-order valence-corrected chi connectivity index (χ1v) is 14.9. The van der Waals surface area contributed by atoms with Crippen molar-refractivity contribution in [1.29, 1.82) is 5.41 Å². The van der Waals surface area contributed by atoms with Gasteiger partial charge in [0, 0.05) is 24.9 Å². The molecule has 0 aliphatic carbocycles. The van der Waals surface area contributed by atoms with Crippen LogP contribution < -0.4 is 5.32 Å². The molecule has 41 heavy (non-hydrogen) atoms. The minimum atomic E-state index is -0.215. The van der Waals surface area contributed by atoms with E-state index in [1.807, 2.05) is 63.3 Å². The van der Waals surface area contributed by atoms with Crippen LogP contribution in [0.4, 0.5) is 4.39 Å². The Morgan fingerprint density at radius 2 is 1.76 bits per heavy atom. The summed E-state index contributed by atoms with van der Waals surface area (Å²) in [6, 6.07) is 14.7. The second kappa shape index (κ2) is 20.8. The van der Waals surface area contributed by atoms with E-state index < -0.39 is 0 Å². The summed E-state index contributed by atoms with van der Waals surface area (Å²) in [5, 5.41) is 10.8. The molecule has 0 radical (unpaired) electrons. The van der Waals surface area contributed by atoms with Gasteiger partial charge in [-0.15, -0.1) is 6.58 Å². The van der Waals surface area contributed by atoms with E-state index in [9.17, 15) is 4.39 Å². The number of hydrogen-bond acceptors (Lipinski definition) is 3. The van der Waals surface area contributed by atoms with Gasteiger partial charge in [-0.1, -0.05) is 95.2 Å². The highest BCUT2D eigenvalue weighted by Crippen LogP contribution is 2.26. The minimum absolute atomic E-state index is 0.198. The lowest BCUT2D eigenvalue weighted by Gasteiger charge is -2.25.